The molecule has 3 aromatic carbocycles. The summed E-state index contributed by atoms with van der Waals surface area (Å²) in [5, 5.41) is 2.81. The van der Waals surface area contributed by atoms with Gasteiger partial charge in [-0.25, -0.2) is 8.42 Å². The van der Waals surface area contributed by atoms with Gasteiger partial charge in [0.25, 0.3) is 5.91 Å². The van der Waals surface area contributed by atoms with E-state index in [4.69, 9.17) is 0 Å². The molecule has 1 heterocycles. The topological polar surface area (TPSA) is 68.2 Å². The number of carbonyl (C=O) groups excluding carboxylic acids is 1. The maximum Gasteiger partial charge on any atom is 0.416 e. The average molecular weight is 645 g/mol. The van der Waals surface area contributed by atoms with Crippen molar-refractivity contribution in [3.8, 4) is 16.8 Å². The van der Waals surface area contributed by atoms with Crippen molar-refractivity contribution in [2.24, 2.45) is 0 Å². The molecule has 228 valence electrons. The number of benzene rings is 3. The van der Waals surface area contributed by atoms with Crippen molar-refractivity contribution in [3.63, 3.8) is 0 Å². The fourth-order valence-electron chi connectivity index (χ4n) is 4.74. The summed E-state index contributed by atoms with van der Waals surface area (Å²) in [6.45, 7) is 10.4. The number of hydrogen-bond donors (Lipinski definition) is 1. The van der Waals surface area contributed by atoms with E-state index in [1.807, 2.05) is 29.7 Å². The number of nitrogens with one attached hydrogen (secondary N) is 1. The summed E-state index contributed by atoms with van der Waals surface area (Å²) >= 11 is 1.45. The Morgan fingerprint density at radius 2 is 1.60 bits per heavy atom. The number of para-hydroxylation sites is 1. The molecule has 0 radical (unpaired) electrons. The van der Waals surface area contributed by atoms with Gasteiger partial charge in [-0.2, -0.15) is 13.2 Å². The Kier molecular flexibility index (Phi) is 9.39. The molecule has 5 nitrogen and oxygen atoms in total. The number of thioether (sulfide) groups is 1. The monoisotopic (exact) mass is 644 g/mol. The highest BCUT2D eigenvalue weighted by molar-refractivity contribution is 7.99. The van der Waals surface area contributed by atoms with Crippen LogP contribution in [0.4, 0.5) is 18.9 Å². The molecule has 1 N–H and O–H groups in total. The number of anilines is 1. The van der Waals surface area contributed by atoms with Gasteiger partial charge in [-0.15, -0.1) is 11.8 Å². The Bertz CT molecular complexity index is 1760. The first-order chi connectivity index (χ1) is 19.9. The van der Waals surface area contributed by atoms with Crippen LogP contribution in [0.3, 0.4) is 0 Å². The van der Waals surface area contributed by atoms with Gasteiger partial charge in [0.15, 0.2) is 9.84 Å². The summed E-state index contributed by atoms with van der Waals surface area (Å²) in [4.78, 5) is 14.0. The standard InChI is InChI=1S/C32H35F3N2O3S2Si/c1-21-17-29(31(38)36-25-11-13-27(14-12-25)42(3,39)40)22(2)37(21)30-10-8-7-9-28(30)23-18-24(32(33,34)35)20-26(19-23)41-15-16-43(4,5)6/h7-14,17-20H,15-16H2,1-6H3,(H,36,38). The largest absolute Gasteiger partial charge is 0.416 e. The molecule has 4 rings (SSSR count). The molecule has 4 aromatic rings. The average Bonchev–Trinajstić information content (AvgIpc) is 3.20. The third-order valence-corrected chi connectivity index (χ3v) is 11.2. The van der Waals surface area contributed by atoms with E-state index in [0.717, 1.165) is 23.7 Å². The van der Waals surface area contributed by atoms with Gasteiger partial charge in [-0.05, 0) is 85.8 Å². The first-order valence-electron chi connectivity index (χ1n) is 13.7. The molecule has 0 aliphatic heterocycles. The van der Waals surface area contributed by atoms with E-state index in [-0.39, 0.29) is 10.8 Å². The highest BCUT2D eigenvalue weighted by Gasteiger charge is 2.32. The van der Waals surface area contributed by atoms with Crippen molar-refractivity contribution in [3.05, 3.63) is 95.3 Å². The smallest absolute Gasteiger partial charge is 0.322 e. The van der Waals surface area contributed by atoms with Crippen LogP contribution in [-0.2, 0) is 16.0 Å². The van der Waals surface area contributed by atoms with Crippen LogP contribution in [0.2, 0.25) is 25.7 Å². The zero-order valence-corrected chi connectivity index (χ0v) is 27.6. The summed E-state index contributed by atoms with van der Waals surface area (Å²) in [7, 11) is -4.72. The molecule has 0 saturated carbocycles. The lowest BCUT2D eigenvalue weighted by molar-refractivity contribution is -0.137. The minimum Gasteiger partial charge on any atom is -0.322 e. The maximum atomic E-state index is 14.0. The van der Waals surface area contributed by atoms with E-state index in [0.29, 0.717) is 38.7 Å². The maximum absolute atomic E-state index is 14.0. The molecule has 0 atom stereocenters. The highest BCUT2D eigenvalue weighted by Crippen LogP contribution is 2.39. The van der Waals surface area contributed by atoms with Crippen molar-refractivity contribution >= 4 is 41.3 Å². The second-order valence-corrected chi connectivity index (χ2v) is 20.6. The number of alkyl halides is 3. The van der Waals surface area contributed by atoms with Crippen molar-refractivity contribution in [2.45, 2.75) is 55.5 Å². The number of amides is 1. The summed E-state index contributed by atoms with van der Waals surface area (Å²) in [6.07, 6.45) is -3.39. The Morgan fingerprint density at radius 1 is 0.953 bits per heavy atom. The summed E-state index contributed by atoms with van der Waals surface area (Å²) in [6, 6.07) is 20.1. The molecule has 43 heavy (non-hydrogen) atoms. The SMILES string of the molecule is Cc1cc(C(=O)Nc2ccc(S(C)(=O)=O)cc2)c(C)n1-c1ccccc1-c1cc(SCC[Si](C)(C)C)cc(C(F)(F)F)c1. The lowest BCUT2D eigenvalue weighted by Gasteiger charge is -2.18. The molecule has 0 aliphatic rings. The van der Waals surface area contributed by atoms with Gasteiger partial charge >= 0.3 is 6.18 Å². The minimum atomic E-state index is -4.50. The summed E-state index contributed by atoms with van der Waals surface area (Å²) < 4.78 is 67.4. The Hall–Kier alpha value is -3.28. The van der Waals surface area contributed by atoms with Crippen LogP contribution < -0.4 is 5.32 Å². The lowest BCUT2D eigenvalue weighted by atomic mass is 10.0. The number of halogens is 3. The van der Waals surface area contributed by atoms with Crippen LogP contribution in [0.5, 0.6) is 0 Å². The van der Waals surface area contributed by atoms with Gasteiger partial charge < -0.3 is 9.88 Å². The fraction of sp³-hybridized carbons (Fsp3) is 0.281. The number of aromatic nitrogens is 1. The van der Waals surface area contributed by atoms with Gasteiger partial charge in [-0.1, -0.05) is 37.8 Å². The van der Waals surface area contributed by atoms with E-state index in [2.05, 4.69) is 25.0 Å². The van der Waals surface area contributed by atoms with Gasteiger partial charge in [-0.3, -0.25) is 4.79 Å². The van der Waals surface area contributed by atoms with E-state index in [1.54, 1.807) is 25.1 Å². The van der Waals surface area contributed by atoms with Gasteiger partial charge in [0, 0.05) is 41.9 Å². The predicted octanol–water partition coefficient (Wildman–Crippen LogP) is 8.87. The first-order valence-corrected chi connectivity index (χ1v) is 20.3. The first kappa shape index (κ1) is 32.6. The molecule has 11 heteroatoms. The molecule has 0 spiro atoms. The van der Waals surface area contributed by atoms with Crippen LogP contribution in [0.1, 0.15) is 27.3 Å². The molecule has 0 bridgehead atoms. The van der Waals surface area contributed by atoms with Gasteiger partial charge in [0.05, 0.1) is 21.7 Å². The predicted molar refractivity (Wildman–Crippen MR) is 172 cm³/mol. The van der Waals surface area contributed by atoms with Gasteiger partial charge in [0.2, 0.25) is 0 Å². The minimum absolute atomic E-state index is 0.146. The number of hydrogen-bond acceptors (Lipinski definition) is 4. The molecule has 1 aromatic heterocycles. The summed E-state index contributed by atoms with van der Waals surface area (Å²) in [5.74, 6) is 0.368. The Morgan fingerprint density at radius 3 is 2.21 bits per heavy atom. The van der Waals surface area contributed by atoms with Crippen LogP contribution in [0.15, 0.2) is 82.6 Å². The summed E-state index contributed by atoms with van der Waals surface area (Å²) in [5.41, 5.74) is 3.21. The number of sulfone groups is 1. The lowest BCUT2D eigenvalue weighted by Crippen LogP contribution is -2.19. The molecule has 0 saturated heterocycles. The van der Waals surface area contributed by atoms with E-state index in [1.165, 1.54) is 48.2 Å². The van der Waals surface area contributed by atoms with E-state index in [9.17, 15) is 26.4 Å². The van der Waals surface area contributed by atoms with Gasteiger partial charge in [0.1, 0.15) is 0 Å². The van der Waals surface area contributed by atoms with Crippen LogP contribution in [-0.4, -0.2) is 39.0 Å². The van der Waals surface area contributed by atoms with Crippen LogP contribution in [0.25, 0.3) is 16.8 Å². The van der Waals surface area contributed by atoms with E-state index < -0.39 is 29.7 Å². The van der Waals surface area contributed by atoms with Crippen molar-refractivity contribution in [1.82, 2.24) is 4.57 Å². The molecule has 0 aliphatic carbocycles. The highest BCUT2D eigenvalue weighted by atomic mass is 32.2. The number of nitrogens with zero attached hydrogens (tertiary/aromatic N) is 1. The number of aryl methyl sites for hydroxylation is 1. The number of rotatable bonds is 9. The molecule has 0 fully saturated rings. The molecular formula is C32H35F3N2O3S2Si. The zero-order valence-electron chi connectivity index (χ0n) is 25.0. The number of carbonyl (C=O) groups is 1. The van der Waals surface area contributed by atoms with Crippen LogP contribution in [0, 0.1) is 13.8 Å². The van der Waals surface area contributed by atoms with Crippen LogP contribution >= 0.6 is 11.8 Å². The quantitative estimate of drug-likeness (QED) is 0.146. The van der Waals surface area contributed by atoms with Crippen molar-refractivity contribution < 1.29 is 26.4 Å². The third kappa shape index (κ3) is 8.01. The second kappa shape index (κ2) is 12.4. The third-order valence-electron chi connectivity index (χ3n) is 7.03. The molecule has 1 amide bonds. The van der Waals surface area contributed by atoms with E-state index >= 15 is 0 Å². The molecule has 0 unspecified atom stereocenters. The second-order valence-electron chi connectivity index (χ2n) is 11.8. The zero-order chi connectivity index (χ0) is 31.7. The fourth-order valence-corrected chi connectivity index (χ4v) is 8.88. The molecular weight excluding hydrogens is 610 g/mol. The normalized spacial score (nSPS) is 12.4. The van der Waals surface area contributed by atoms with Crippen molar-refractivity contribution in [2.75, 3.05) is 17.3 Å². The Balaban J connectivity index is 1.72. The van der Waals surface area contributed by atoms with Crippen molar-refractivity contribution in [1.29, 1.82) is 0 Å². The Labute approximate surface area is 256 Å².